The monoisotopic (exact) mass is 271 g/mol. The topological polar surface area (TPSA) is 12.5 Å². The molecule has 1 aromatic rings. The maximum Gasteiger partial charge on any atom is 0.0935 e. The summed E-state index contributed by atoms with van der Waals surface area (Å²) in [5, 5.41) is 2.09. The third-order valence-corrected chi connectivity index (χ3v) is 2.57. The van der Waals surface area contributed by atoms with E-state index in [4.69, 9.17) is 4.84 Å². The Morgan fingerprint density at radius 3 is 2.33 bits per heavy atom. The van der Waals surface area contributed by atoms with E-state index >= 15 is 0 Å². The van der Waals surface area contributed by atoms with Crippen molar-refractivity contribution in [2.24, 2.45) is 0 Å². The van der Waals surface area contributed by atoms with Gasteiger partial charge in [-0.15, -0.1) is 17.0 Å². The van der Waals surface area contributed by atoms with Crippen LogP contribution in [0.2, 0.25) is 0 Å². The van der Waals surface area contributed by atoms with E-state index in [1.165, 1.54) is 24.8 Å². The zero-order valence-corrected chi connectivity index (χ0v) is 10.6. The zero-order valence-electron chi connectivity index (χ0n) is 8.89. The molecule has 0 amide bonds. The first-order valence-corrected chi connectivity index (χ1v) is 5.37. The van der Waals surface area contributed by atoms with Crippen molar-refractivity contribution in [1.29, 1.82) is 0 Å². The molecule has 1 fully saturated rings. The molecule has 15 heavy (non-hydrogen) atoms. The van der Waals surface area contributed by atoms with Gasteiger partial charge < -0.3 is 0 Å². The summed E-state index contributed by atoms with van der Waals surface area (Å²) in [6.45, 7) is 2.89. The molecule has 0 spiro atoms. The van der Waals surface area contributed by atoms with Gasteiger partial charge in [0.2, 0.25) is 0 Å². The number of benzene rings is 1. The van der Waals surface area contributed by atoms with Crippen molar-refractivity contribution in [2.75, 3.05) is 13.1 Å². The molecule has 0 aromatic heterocycles. The third-order valence-electron chi connectivity index (χ3n) is 2.57. The zero-order chi connectivity index (χ0) is 9.64. The number of hydroxylamine groups is 2. The van der Waals surface area contributed by atoms with Crippen molar-refractivity contribution in [3.63, 3.8) is 0 Å². The standard InChI is InChI=1S/C12H17NO.BrH/c1-3-7-12(8-4-1)11-14-13-9-5-2-6-10-13;/h1,3-4,7-8H,2,5-6,9-11H2;1H. The molecule has 1 saturated heterocycles. The number of hydrogen-bond donors (Lipinski definition) is 0. The van der Waals surface area contributed by atoms with Gasteiger partial charge in [0, 0.05) is 13.1 Å². The van der Waals surface area contributed by atoms with E-state index in [1.54, 1.807) is 0 Å². The number of hydrogen-bond acceptors (Lipinski definition) is 2. The second-order valence-corrected chi connectivity index (χ2v) is 3.75. The maximum atomic E-state index is 5.70. The molecule has 0 N–H and O–H groups in total. The van der Waals surface area contributed by atoms with Crippen LogP contribution in [0.15, 0.2) is 30.3 Å². The van der Waals surface area contributed by atoms with Crippen LogP contribution in [-0.2, 0) is 11.4 Å². The normalized spacial score (nSPS) is 17.1. The second kappa shape index (κ2) is 6.99. The van der Waals surface area contributed by atoms with Gasteiger partial charge in [0.25, 0.3) is 0 Å². The van der Waals surface area contributed by atoms with Crippen LogP contribution >= 0.6 is 17.0 Å². The molecule has 1 aromatic carbocycles. The summed E-state index contributed by atoms with van der Waals surface area (Å²) < 4.78 is 0. The van der Waals surface area contributed by atoms with Crippen molar-refractivity contribution in [3.05, 3.63) is 35.9 Å². The molecule has 0 saturated carbocycles. The Labute approximate surface area is 102 Å². The van der Waals surface area contributed by atoms with Gasteiger partial charge in [-0.25, -0.2) is 0 Å². The number of nitrogens with zero attached hydrogens (tertiary/aromatic N) is 1. The predicted molar refractivity (Wildman–Crippen MR) is 67.0 cm³/mol. The molecule has 0 atom stereocenters. The van der Waals surface area contributed by atoms with Gasteiger partial charge in [-0.05, 0) is 18.4 Å². The molecular weight excluding hydrogens is 254 g/mol. The van der Waals surface area contributed by atoms with Crippen LogP contribution in [0.5, 0.6) is 0 Å². The SMILES string of the molecule is Br.c1ccc(CON2CCCCC2)cc1. The molecule has 2 nitrogen and oxygen atoms in total. The summed E-state index contributed by atoms with van der Waals surface area (Å²) >= 11 is 0. The minimum atomic E-state index is 0. The molecule has 0 unspecified atom stereocenters. The highest BCUT2D eigenvalue weighted by atomic mass is 79.9. The minimum absolute atomic E-state index is 0. The van der Waals surface area contributed by atoms with Gasteiger partial charge in [0.1, 0.15) is 0 Å². The highest BCUT2D eigenvalue weighted by molar-refractivity contribution is 8.93. The van der Waals surface area contributed by atoms with Crippen molar-refractivity contribution in [3.8, 4) is 0 Å². The first-order valence-electron chi connectivity index (χ1n) is 5.37. The maximum absolute atomic E-state index is 5.70. The number of rotatable bonds is 3. The van der Waals surface area contributed by atoms with E-state index in [-0.39, 0.29) is 17.0 Å². The van der Waals surface area contributed by atoms with E-state index in [0.717, 1.165) is 13.1 Å². The minimum Gasteiger partial charge on any atom is -0.294 e. The van der Waals surface area contributed by atoms with Crippen LogP contribution in [0, 0.1) is 0 Å². The Bertz CT molecular complexity index is 260. The highest BCUT2D eigenvalue weighted by Crippen LogP contribution is 2.10. The first kappa shape index (κ1) is 12.7. The van der Waals surface area contributed by atoms with Crippen LogP contribution in [0.3, 0.4) is 0 Å². The molecular formula is C12H18BrNO. The predicted octanol–water partition coefficient (Wildman–Crippen LogP) is 3.18. The summed E-state index contributed by atoms with van der Waals surface area (Å²) in [5.74, 6) is 0. The van der Waals surface area contributed by atoms with Crippen molar-refractivity contribution < 1.29 is 4.84 Å². The lowest BCUT2D eigenvalue weighted by molar-refractivity contribution is -0.178. The van der Waals surface area contributed by atoms with E-state index in [9.17, 15) is 0 Å². The van der Waals surface area contributed by atoms with Gasteiger partial charge in [-0.1, -0.05) is 36.8 Å². The van der Waals surface area contributed by atoms with Gasteiger partial charge in [-0.3, -0.25) is 4.84 Å². The lowest BCUT2D eigenvalue weighted by Crippen LogP contribution is -2.29. The Morgan fingerprint density at radius 1 is 1.00 bits per heavy atom. The van der Waals surface area contributed by atoms with Crippen molar-refractivity contribution in [2.45, 2.75) is 25.9 Å². The smallest absolute Gasteiger partial charge is 0.0935 e. The van der Waals surface area contributed by atoms with Crippen LogP contribution in [-0.4, -0.2) is 18.2 Å². The van der Waals surface area contributed by atoms with Crippen LogP contribution in [0.1, 0.15) is 24.8 Å². The van der Waals surface area contributed by atoms with E-state index in [0.29, 0.717) is 6.61 Å². The number of halogens is 1. The van der Waals surface area contributed by atoms with Crippen molar-refractivity contribution >= 4 is 17.0 Å². The lowest BCUT2D eigenvalue weighted by Gasteiger charge is -2.25. The summed E-state index contributed by atoms with van der Waals surface area (Å²) in [4.78, 5) is 5.70. The highest BCUT2D eigenvalue weighted by Gasteiger charge is 2.09. The molecule has 3 heteroatoms. The second-order valence-electron chi connectivity index (χ2n) is 3.75. The lowest BCUT2D eigenvalue weighted by atomic mass is 10.2. The first-order chi connectivity index (χ1) is 6.95. The van der Waals surface area contributed by atoms with E-state index in [1.807, 2.05) is 6.07 Å². The summed E-state index contributed by atoms with van der Waals surface area (Å²) in [7, 11) is 0. The Hall–Kier alpha value is -0.380. The summed E-state index contributed by atoms with van der Waals surface area (Å²) in [6, 6.07) is 10.3. The van der Waals surface area contributed by atoms with Crippen molar-refractivity contribution in [1.82, 2.24) is 5.06 Å². The van der Waals surface area contributed by atoms with Crippen LogP contribution in [0.4, 0.5) is 0 Å². The molecule has 1 aliphatic rings. The largest absolute Gasteiger partial charge is 0.294 e. The van der Waals surface area contributed by atoms with E-state index < -0.39 is 0 Å². The molecule has 1 aliphatic heterocycles. The molecule has 1 heterocycles. The molecule has 0 radical (unpaired) electrons. The van der Waals surface area contributed by atoms with Gasteiger partial charge in [0.05, 0.1) is 6.61 Å². The van der Waals surface area contributed by atoms with Crippen LogP contribution < -0.4 is 0 Å². The van der Waals surface area contributed by atoms with Gasteiger partial charge in [0.15, 0.2) is 0 Å². The average Bonchev–Trinajstić information content (AvgIpc) is 2.29. The fraction of sp³-hybridized carbons (Fsp3) is 0.500. The summed E-state index contributed by atoms with van der Waals surface area (Å²) in [6.07, 6.45) is 3.90. The average molecular weight is 272 g/mol. The Morgan fingerprint density at radius 2 is 1.67 bits per heavy atom. The van der Waals surface area contributed by atoms with E-state index in [2.05, 4.69) is 29.3 Å². The number of piperidine rings is 1. The van der Waals surface area contributed by atoms with Gasteiger partial charge in [-0.2, -0.15) is 5.06 Å². The van der Waals surface area contributed by atoms with Crippen LogP contribution in [0.25, 0.3) is 0 Å². The molecule has 84 valence electrons. The quantitative estimate of drug-likeness (QED) is 0.838. The summed E-state index contributed by atoms with van der Waals surface area (Å²) in [5.41, 5.74) is 1.25. The Balaban J connectivity index is 0.00000112. The Kier molecular flexibility index (Phi) is 5.91. The fourth-order valence-corrected chi connectivity index (χ4v) is 1.73. The molecule has 2 rings (SSSR count). The third kappa shape index (κ3) is 4.33. The van der Waals surface area contributed by atoms with Gasteiger partial charge >= 0.3 is 0 Å². The molecule has 0 aliphatic carbocycles. The fourth-order valence-electron chi connectivity index (χ4n) is 1.73. The molecule has 0 bridgehead atoms.